The van der Waals surface area contributed by atoms with Crippen LogP contribution in [0.1, 0.15) is 18.4 Å². The second kappa shape index (κ2) is 7.60. The molecule has 0 saturated carbocycles. The predicted octanol–water partition coefficient (Wildman–Crippen LogP) is 4.11. The van der Waals surface area contributed by atoms with E-state index in [0.29, 0.717) is 6.54 Å². The van der Waals surface area contributed by atoms with Crippen LogP contribution in [0.25, 0.3) is 10.2 Å². The number of carbonyl (C=O) groups excluding carboxylic acids is 1. The van der Waals surface area contributed by atoms with Crippen molar-refractivity contribution >= 4 is 32.6 Å². The molecule has 0 spiro atoms. The van der Waals surface area contributed by atoms with E-state index in [1.54, 1.807) is 18.2 Å². The monoisotopic (exact) mass is 387 g/mol. The number of piperidine rings is 1. The highest BCUT2D eigenvalue weighted by atomic mass is 32.1. The van der Waals surface area contributed by atoms with Gasteiger partial charge in [-0.3, -0.25) is 4.79 Å². The number of fused-ring (bicyclic) bond motifs is 1. The zero-order valence-electron chi connectivity index (χ0n) is 14.6. The van der Waals surface area contributed by atoms with Gasteiger partial charge in [0.05, 0.1) is 10.2 Å². The molecule has 1 aliphatic heterocycles. The van der Waals surface area contributed by atoms with Gasteiger partial charge in [0.25, 0.3) is 0 Å². The van der Waals surface area contributed by atoms with E-state index in [4.69, 9.17) is 0 Å². The fourth-order valence-electron chi connectivity index (χ4n) is 3.29. The molecule has 7 heteroatoms. The molecule has 1 N–H and O–H groups in total. The number of hydrogen-bond donors (Lipinski definition) is 1. The first-order valence-electron chi connectivity index (χ1n) is 8.92. The summed E-state index contributed by atoms with van der Waals surface area (Å²) in [6, 6.07) is 10.8. The zero-order chi connectivity index (χ0) is 18.8. The van der Waals surface area contributed by atoms with E-state index < -0.39 is 0 Å². The predicted molar refractivity (Wildman–Crippen MR) is 103 cm³/mol. The van der Waals surface area contributed by atoms with Crippen molar-refractivity contribution in [3.63, 3.8) is 0 Å². The number of amides is 1. The van der Waals surface area contributed by atoms with Crippen LogP contribution in [0.15, 0.2) is 42.5 Å². The Morgan fingerprint density at radius 1 is 1.11 bits per heavy atom. The molecule has 2 heterocycles. The van der Waals surface area contributed by atoms with E-state index >= 15 is 0 Å². The fraction of sp³-hybridized carbons (Fsp3) is 0.300. The Morgan fingerprint density at radius 2 is 1.81 bits per heavy atom. The van der Waals surface area contributed by atoms with Crippen LogP contribution in [0.5, 0.6) is 0 Å². The lowest BCUT2D eigenvalue weighted by atomic mass is 9.96. The highest BCUT2D eigenvalue weighted by Gasteiger charge is 2.26. The molecule has 4 rings (SSSR count). The average Bonchev–Trinajstić information content (AvgIpc) is 3.10. The van der Waals surface area contributed by atoms with Crippen molar-refractivity contribution in [3.05, 3.63) is 59.7 Å². The first kappa shape index (κ1) is 17.9. The topological polar surface area (TPSA) is 45.2 Å². The van der Waals surface area contributed by atoms with Crippen molar-refractivity contribution in [2.24, 2.45) is 5.92 Å². The van der Waals surface area contributed by atoms with Gasteiger partial charge in [0, 0.05) is 25.6 Å². The molecule has 1 amide bonds. The molecule has 27 heavy (non-hydrogen) atoms. The molecule has 2 aromatic carbocycles. The third-order valence-corrected chi connectivity index (χ3v) is 5.93. The van der Waals surface area contributed by atoms with Crippen molar-refractivity contribution in [1.29, 1.82) is 0 Å². The van der Waals surface area contributed by atoms with Gasteiger partial charge in [0.15, 0.2) is 5.13 Å². The number of halogens is 2. The Bertz CT molecular complexity index is 950. The first-order chi connectivity index (χ1) is 13.1. The van der Waals surface area contributed by atoms with Gasteiger partial charge in [0.1, 0.15) is 11.6 Å². The number of anilines is 1. The van der Waals surface area contributed by atoms with Crippen LogP contribution in [0.3, 0.4) is 0 Å². The minimum absolute atomic E-state index is 0.0327. The van der Waals surface area contributed by atoms with E-state index in [1.165, 1.54) is 35.6 Å². The lowest BCUT2D eigenvalue weighted by Crippen LogP contribution is -2.40. The summed E-state index contributed by atoms with van der Waals surface area (Å²) in [4.78, 5) is 19.1. The van der Waals surface area contributed by atoms with Crippen molar-refractivity contribution in [3.8, 4) is 0 Å². The molecular formula is C20H19F2N3OS. The van der Waals surface area contributed by atoms with E-state index in [-0.39, 0.29) is 23.5 Å². The average molecular weight is 387 g/mol. The third kappa shape index (κ3) is 4.08. The van der Waals surface area contributed by atoms with Crippen molar-refractivity contribution in [1.82, 2.24) is 10.3 Å². The highest BCUT2D eigenvalue weighted by Crippen LogP contribution is 2.31. The Balaban J connectivity index is 1.32. The molecule has 1 aliphatic rings. The van der Waals surface area contributed by atoms with Crippen LogP contribution < -0.4 is 10.2 Å². The van der Waals surface area contributed by atoms with E-state index in [0.717, 1.165) is 46.8 Å². The van der Waals surface area contributed by atoms with Gasteiger partial charge in [-0.2, -0.15) is 0 Å². The van der Waals surface area contributed by atoms with Gasteiger partial charge in [-0.05, 0) is 48.7 Å². The smallest absolute Gasteiger partial charge is 0.223 e. The Kier molecular flexibility index (Phi) is 5.03. The summed E-state index contributed by atoms with van der Waals surface area (Å²) in [5.74, 6) is -0.539. The maximum atomic E-state index is 13.3. The fourth-order valence-corrected chi connectivity index (χ4v) is 4.33. The van der Waals surface area contributed by atoms with Gasteiger partial charge in [-0.1, -0.05) is 23.5 Å². The first-order valence-corrected chi connectivity index (χ1v) is 9.73. The van der Waals surface area contributed by atoms with Gasteiger partial charge >= 0.3 is 0 Å². The maximum absolute atomic E-state index is 13.3. The quantitative estimate of drug-likeness (QED) is 0.733. The standard InChI is InChI=1S/C20H19F2N3OS/c21-15-3-1-13(2-4-15)12-23-19(26)14-7-9-25(10-8-14)20-24-17-6-5-16(22)11-18(17)27-20/h1-6,11,14H,7-10,12H2,(H,23,26). The molecule has 0 atom stereocenters. The summed E-state index contributed by atoms with van der Waals surface area (Å²) in [5, 5.41) is 3.81. The highest BCUT2D eigenvalue weighted by molar-refractivity contribution is 7.22. The number of aromatic nitrogens is 1. The SMILES string of the molecule is O=C(NCc1ccc(F)cc1)C1CCN(c2nc3ccc(F)cc3s2)CC1. The minimum Gasteiger partial charge on any atom is -0.352 e. The summed E-state index contributed by atoms with van der Waals surface area (Å²) < 4.78 is 27.1. The molecule has 3 aromatic rings. The lowest BCUT2D eigenvalue weighted by Gasteiger charge is -2.31. The molecule has 0 unspecified atom stereocenters. The maximum Gasteiger partial charge on any atom is 0.223 e. The normalized spacial score (nSPS) is 15.3. The number of carbonyl (C=O) groups is 1. The Hall–Kier alpha value is -2.54. The number of nitrogens with one attached hydrogen (secondary N) is 1. The van der Waals surface area contributed by atoms with Gasteiger partial charge < -0.3 is 10.2 Å². The summed E-state index contributed by atoms with van der Waals surface area (Å²) >= 11 is 1.48. The Labute approximate surface area is 159 Å². The molecule has 1 fully saturated rings. The van der Waals surface area contributed by atoms with Gasteiger partial charge in [-0.15, -0.1) is 0 Å². The molecular weight excluding hydrogens is 368 g/mol. The molecule has 0 aliphatic carbocycles. The molecule has 4 nitrogen and oxygen atoms in total. The Morgan fingerprint density at radius 3 is 2.56 bits per heavy atom. The van der Waals surface area contributed by atoms with Crippen molar-refractivity contribution in [2.75, 3.05) is 18.0 Å². The zero-order valence-corrected chi connectivity index (χ0v) is 15.4. The van der Waals surface area contributed by atoms with E-state index in [2.05, 4.69) is 15.2 Å². The van der Waals surface area contributed by atoms with Crippen molar-refractivity contribution < 1.29 is 13.6 Å². The van der Waals surface area contributed by atoms with Crippen LogP contribution in [0.2, 0.25) is 0 Å². The molecule has 140 valence electrons. The number of rotatable bonds is 4. The van der Waals surface area contributed by atoms with Crippen molar-refractivity contribution in [2.45, 2.75) is 19.4 Å². The number of thiazole rings is 1. The van der Waals surface area contributed by atoms with Crippen LogP contribution in [0, 0.1) is 17.6 Å². The van der Waals surface area contributed by atoms with Gasteiger partial charge in [-0.25, -0.2) is 13.8 Å². The second-order valence-corrected chi connectivity index (χ2v) is 7.72. The lowest BCUT2D eigenvalue weighted by molar-refractivity contribution is -0.125. The third-order valence-electron chi connectivity index (χ3n) is 4.86. The largest absolute Gasteiger partial charge is 0.352 e. The summed E-state index contributed by atoms with van der Waals surface area (Å²) in [6.07, 6.45) is 1.50. The summed E-state index contributed by atoms with van der Waals surface area (Å²) in [5.41, 5.74) is 1.68. The van der Waals surface area contributed by atoms with Crippen LogP contribution in [-0.2, 0) is 11.3 Å². The molecule has 1 saturated heterocycles. The second-order valence-electron chi connectivity index (χ2n) is 6.71. The number of hydrogen-bond acceptors (Lipinski definition) is 4. The van der Waals surface area contributed by atoms with Crippen LogP contribution in [0.4, 0.5) is 13.9 Å². The minimum atomic E-state index is -0.282. The van der Waals surface area contributed by atoms with Crippen LogP contribution >= 0.6 is 11.3 Å². The van der Waals surface area contributed by atoms with E-state index in [1.807, 2.05) is 0 Å². The number of nitrogens with zero attached hydrogens (tertiary/aromatic N) is 2. The summed E-state index contributed by atoms with van der Waals surface area (Å²) in [7, 11) is 0. The molecule has 0 radical (unpaired) electrons. The number of benzene rings is 2. The van der Waals surface area contributed by atoms with Gasteiger partial charge in [0.2, 0.25) is 5.91 Å². The summed E-state index contributed by atoms with van der Waals surface area (Å²) in [6.45, 7) is 1.90. The van der Waals surface area contributed by atoms with Crippen LogP contribution in [-0.4, -0.2) is 24.0 Å². The molecule has 0 bridgehead atoms. The van der Waals surface area contributed by atoms with E-state index in [9.17, 15) is 13.6 Å². The molecule has 1 aromatic heterocycles.